The molecular formula is C73H78O14. The zero-order valence-corrected chi connectivity index (χ0v) is 49.4. The van der Waals surface area contributed by atoms with E-state index in [9.17, 15) is 0 Å². The average molecular weight is 1180 g/mol. The monoisotopic (exact) mass is 1180 g/mol. The van der Waals surface area contributed by atoms with Gasteiger partial charge >= 0.3 is 5.97 Å². The topological polar surface area (TPSA) is 137 Å². The van der Waals surface area contributed by atoms with Gasteiger partial charge in [0.25, 0.3) is 5.79 Å². The molecule has 0 bridgehead atoms. The van der Waals surface area contributed by atoms with Crippen LogP contribution in [0.2, 0.25) is 0 Å². The van der Waals surface area contributed by atoms with E-state index in [0.29, 0.717) is 0 Å². The Morgan fingerprint density at radius 3 is 1.15 bits per heavy atom. The van der Waals surface area contributed by atoms with Crippen LogP contribution in [0, 0.1) is 0 Å². The van der Waals surface area contributed by atoms with Crippen molar-refractivity contribution in [1.29, 1.82) is 0 Å². The van der Waals surface area contributed by atoms with E-state index in [-0.39, 0.29) is 72.5 Å². The fraction of sp³-hybridized carbons (Fsp3) is 0.329. The summed E-state index contributed by atoms with van der Waals surface area (Å²) in [6, 6.07) is 79.0. The molecule has 87 heavy (non-hydrogen) atoms. The van der Waals surface area contributed by atoms with E-state index in [1.165, 1.54) is 7.11 Å². The Kier molecular flexibility index (Phi) is 24.0. The van der Waals surface area contributed by atoms with Crippen LogP contribution in [0.3, 0.4) is 0 Å². The number of rotatable bonds is 32. The van der Waals surface area contributed by atoms with Crippen LogP contribution in [-0.2, 0) is 119 Å². The van der Waals surface area contributed by atoms with Gasteiger partial charge in [-0.05, 0) is 44.5 Å². The molecule has 0 unspecified atom stereocenters. The van der Waals surface area contributed by atoms with Crippen LogP contribution in [0.15, 0.2) is 243 Å². The first kappa shape index (κ1) is 62.8. The lowest BCUT2D eigenvalue weighted by Crippen LogP contribution is -2.66. The molecule has 8 aromatic rings. The van der Waals surface area contributed by atoms with E-state index in [1.54, 1.807) is 7.11 Å². The minimum absolute atomic E-state index is 0.0235. The van der Waals surface area contributed by atoms with Gasteiger partial charge in [-0.1, -0.05) is 243 Å². The van der Waals surface area contributed by atoms with Crippen molar-refractivity contribution in [2.45, 2.75) is 126 Å². The van der Waals surface area contributed by atoms with E-state index in [4.69, 9.17) is 61.6 Å². The molecule has 0 N–H and O–H groups in total. The normalized spacial score (nSPS) is 22.7. The first-order valence-electron chi connectivity index (χ1n) is 29.7. The zero-order chi connectivity index (χ0) is 59.7. The predicted molar refractivity (Wildman–Crippen MR) is 327 cm³/mol. The van der Waals surface area contributed by atoms with E-state index in [1.807, 2.05) is 243 Å². The van der Waals surface area contributed by atoms with Gasteiger partial charge in [0.2, 0.25) is 0 Å². The van der Waals surface area contributed by atoms with Gasteiger partial charge in [0.1, 0.15) is 48.8 Å². The summed E-state index contributed by atoms with van der Waals surface area (Å²) in [4.78, 5) is 15.2. The molecule has 0 aliphatic carbocycles. The maximum Gasteiger partial charge on any atom is 0.366 e. The SMILES string of the molecule is COC(=O)[C@@]1(OC[C@H](OCc2ccccc2)[C@H]2O[C@H](OC)[C@@H](OCc3ccccc3)[C@@H](OCc3ccccc3)[C@@H]2OCc2ccccc2)C[C@@H](OCc2ccccc2)[C@@H](OCc2ccccc2)[C@@H]([C@@H](COCc2ccccc2)OCc2ccccc2)O1. The van der Waals surface area contributed by atoms with E-state index in [0.717, 1.165) is 44.5 Å². The Hall–Kier alpha value is -7.25. The molecule has 0 aromatic heterocycles. The second-order valence-corrected chi connectivity index (χ2v) is 21.6. The molecule has 2 saturated heterocycles. The predicted octanol–water partition coefficient (Wildman–Crippen LogP) is 12.3. The minimum Gasteiger partial charge on any atom is -0.465 e. The first-order chi connectivity index (χ1) is 42.9. The zero-order valence-electron chi connectivity index (χ0n) is 49.4. The molecule has 0 spiro atoms. The second-order valence-electron chi connectivity index (χ2n) is 21.6. The van der Waals surface area contributed by atoms with Gasteiger partial charge in [0.15, 0.2) is 6.29 Å². The number of hydrogen-bond donors (Lipinski definition) is 0. The summed E-state index contributed by atoms with van der Waals surface area (Å²) < 4.78 is 89.4. The molecule has 14 nitrogen and oxygen atoms in total. The Morgan fingerprint density at radius 2 is 0.747 bits per heavy atom. The molecule has 2 aliphatic heterocycles. The molecule has 454 valence electrons. The molecule has 2 aliphatic rings. The smallest absolute Gasteiger partial charge is 0.366 e. The summed E-state index contributed by atoms with van der Waals surface area (Å²) in [7, 11) is 2.88. The number of ether oxygens (including phenoxy) is 13. The van der Waals surface area contributed by atoms with Crippen LogP contribution in [0.25, 0.3) is 0 Å². The summed E-state index contributed by atoms with van der Waals surface area (Å²) in [5.41, 5.74) is 7.39. The molecule has 0 radical (unpaired) electrons. The molecule has 8 aromatic carbocycles. The fourth-order valence-electron chi connectivity index (χ4n) is 10.8. The highest BCUT2D eigenvalue weighted by Gasteiger charge is 2.58. The summed E-state index contributed by atoms with van der Waals surface area (Å²) >= 11 is 0. The Balaban J connectivity index is 1.05. The Bertz CT molecular complexity index is 3170. The number of carbonyl (C=O) groups excluding carboxylic acids is 1. The van der Waals surface area contributed by atoms with Crippen LogP contribution in [0.1, 0.15) is 50.9 Å². The number of methoxy groups -OCH3 is 2. The molecule has 2 fully saturated rings. The summed E-state index contributed by atoms with van der Waals surface area (Å²) in [6.07, 6.45) is -9.49. The highest BCUT2D eigenvalue weighted by atomic mass is 16.8. The van der Waals surface area contributed by atoms with Gasteiger partial charge < -0.3 is 61.6 Å². The van der Waals surface area contributed by atoms with E-state index in [2.05, 4.69) is 0 Å². The van der Waals surface area contributed by atoms with Gasteiger partial charge in [0.05, 0.1) is 79.3 Å². The van der Waals surface area contributed by atoms with Gasteiger partial charge in [-0.2, -0.15) is 0 Å². The highest BCUT2D eigenvalue weighted by Crippen LogP contribution is 2.40. The summed E-state index contributed by atoms with van der Waals surface area (Å²) in [6.45, 7) is 1.22. The number of carbonyl (C=O) groups is 1. The van der Waals surface area contributed by atoms with Crippen molar-refractivity contribution in [3.8, 4) is 0 Å². The van der Waals surface area contributed by atoms with Crippen molar-refractivity contribution in [1.82, 2.24) is 0 Å². The largest absolute Gasteiger partial charge is 0.465 e. The van der Waals surface area contributed by atoms with Gasteiger partial charge in [-0.15, -0.1) is 0 Å². The van der Waals surface area contributed by atoms with Gasteiger partial charge in [-0.25, -0.2) is 4.79 Å². The maximum absolute atomic E-state index is 15.2. The lowest BCUT2D eigenvalue weighted by Gasteiger charge is -2.49. The third-order valence-corrected chi connectivity index (χ3v) is 15.4. The van der Waals surface area contributed by atoms with Gasteiger partial charge in [-0.3, -0.25) is 0 Å². The quantitative estimate of drug-likeness (QED) is 0.0370. The molecule has 11 atom stereocenters. The Labute approximate surface area is 511 Å². The first-order valence-corrected chi connectivity index (χ1v) is 29.7. The van der Waals surface area contributed by atoms with Crippen LogP contribution in [0.4, 0.5) is 0 Å². The second kappa shape index (κ2) is 33.2. The van der Waals surface area contributed by atoms with Crippen molar-refractivity contribution >= 4 is 5.97 Å². The van der Waals surface area contributed by atoms with Crippen molar-refractivity contribution < 1.29 is 66.4 Å². The molecular weight excluding hydrogens is 1100 g/mol. The van der Waals surface area contributed by atoms with Crippen molar-refractivity contribution in [3.05, 3.63) is 287 Å². The molecule has 14 heteroatoms. The third kappa shape index (κ3) is 18.2. The van der Waals surface area contributed by atoms with Crippen molar-refractivity contribution in [2.24, 2.45) is 0 Å². The van der Waals surface area contributed by atoms with Crippen LogP contribution < -0.4 is 0 Å². The fourth-order valence-corrected chi connectivity index (χ4v) is 10.8. The standard InChI is InChI=1S/C73H78O14/c1-75-71-70(84-51-61-41-25-10-26-42-61)69(83-50-60-39-23-9-24-40-60)68(82-49-59-37-21-8-22-38-59)66(86-71)64(80-47-57-33-17-6-18-34-57)53-85-73(72(74)76-2)43-62(78-45-55-29-13-4-14-30-55)65(81-48-58-35-19-7-20-36-58)67(87-73)63(79-46-56-31-15-5-16-32-56)52-77-44-54-27-11-3-12-28-54/h3-42,62-71H,43-53H2,1-2H3/t62-,63-,64+,65-,66-,67-,68-,69+,70+,71+,73-/m1/s1. The van der Waals surface area contributed by atoms with Crippen molar-refractivity contribution in [3.63, 3.8) is 0 Å². The van der Waals surface area contributed by atoms with Crippen LogP contribution in [0.5, 0.6) is 0 Å². The lowest BCUT2D eigenvalue weighted by molar-refractivity contribution is -0.355. The summed E-state index contributed by atoms with van der Waals surface area (Å²) in [5.74, 6) is -3.00. The Morgan fingerprint density at radius 1 is 0.402 bits per heavy atom. The average Bonchev–Trinajstić information content (AvgIpc) is 1.70. The van der Waals surface area contributed by atoms with Gasteiger partial charge in [0, 0.05) is 13.5 Å². The maximum atomic E-state index is 15.2. The number of esters is 1. The number of benzene rings is 8. The molecule has 0 saturated carbocycles. The molecule has 2 heterocycles. The van der Waals surface area contributed by atoms with Crippen LogP contribution in [-0.4, -0.2) is 100 Å². The summed E-state index contributed by atoms with van der Waals surface area (Å²) in [5, 5.41) is 0. The molecule has 10 rings (SSSR count). The highest BCUT2D eigenvalue weighted by molar-refractivity contribution is 5.78. The minimum atomic E-state index is -2.18. The lowest BCUT2D eigenvalue weighted by atomic mass is 9.91. The molecule has 0 amide bonds. The van der Waals surface area contributed by atoms with E-state index >= 15 is 4.79 Å². The number of hydrogen-bond acceptors (Lipinski definition) is 14. The third-order valence-electron chi connectivity index (χ3n) is 15.4. The van der Waals surface area contributed by atoms with Crippen molar-refractivity contribution in [2.75, 3.05) is 27.4 Å². The van der Waals surface area contributed by atoms with Crippen LogP contribution >= 0.6 is 0 Å². The van der Waals surface area contributed by atoms with E-state index < -0.39 is 73.0 Å².